The smallest absolute Gasteiger partial charge is 0.265 e. The minimum absolute atomic E-state index is 0.0226. The molecule has 3 rings (SSSR count). The van der Waals surface area contributed by atoms with Crippen molar-refractivity contribution >= 4 is 11.6 Å². The Morgan fingerprint density at radius 3 is 2.56 bits per heavy atom. The summed E-state index contributed by atoms with van der Waals surface area (Å²) in [6.45, 7) is 9.42. The van der Waals surface area contributed by atoms with Crippen LogP contribution in [0.25, 0.3) is 0 Å². The van der Waals surface area contributed by atoms with Crippen LogP contribution in [0, 0.1) is 0 Å². The maximum Gasteiger partial charge on any atom is 0.265 e. The molecule has 1 aliphatic heterocycles. The van der Waals surface area contributed by atoms with Crippen molar-refractivity contribution in [1.82, 2.24) is 0 Å². The lowest BCUT2D eigenvalue weighted by Crippen LogP contribution is -2.30. The summed E-state index contributed by atoms with van der Waals surface area (Å²) >= 11 is 0. The molecule has 0 fully saturated rings. The topological polar surface area (TPSA) is 56.8 Å². The van der Waals surface area contributed by atoms with Crippen molar-refractivity contribution in [2.75, 3.05) is 18.5 Å². The average molecular weight is 369 g/mol. The minimum Gasteiger partial charge on any atom is -0.490 e. The van der Waals surface area contributed by atoms with E-state index >= 15 is 0 Å². The van der Waals surface area contributed by atoms with Gasteiger partial charge in [-0.15, -0.1) is 0 Å². The Bertz CT molecular complexity index is 810. The number of anilines is 1. The van der Waals surface area contributed by atoms with Crippen molar-refractivity contribution in [3.8, 4) is 17.2 Å². The Morgan fingerprint density at radius 1 is 1.07 bits per heavy atom. The fourth-order valence-electron chi connectivity index (χ4n) is 2.78. The van der Waals surface area contributed by atoms with Gasteiger partial charge >= 0.3 is 0 Å². The van der Waals surface area contributed by atoms with Gasteiger partial charge in [0, 0.05) is 18.2 Å². The SMILES string of the molecule is CC(Oc1cccc(C(C)(C)C)c1)C(=O)Nc1ccc2c(c1)OCCCO2. The minimum atomic E-state index is -0.629. The zero-order chi connectivity index (χ0) is 19.4. The predicted molar refractivity (Wildman–Crippen MR) is 106 cm³/mol. The molecular formula is C22H27NO4. The Balaban J connectivity index is 1.65. The zero-order valence-electron chi connectivity index (χ0n) is 16.4. The number of fused-ring (bicyclic) bond motifs is 1. The van der Waals surface area contributed by atoms with Gasteiger partial charge in [0.15, 0.2) is 17.6 Å². The van der Waals surface area contributed by atoms with Crippen LogP contribution in [0.3, 0.4) is 0 Å². The third-order valence-corrected chi connectivity index (χ3v) is 4.40. The summed E-state index contributed by atoms with van der Waals surface area (Å²) in [6, 6.07) is 13.3. The highest BCUT2D eigenvalue weighted by molar-refractivity contribution is 5.94. The van der Waals surface area contributed by atoms with Crippen LogP contribution in [0.4, 0.5) is 5.69 Å². The van der Waals surface area contributed by atoms with Gasteiger partial charge in [-0.1, -0.05) is 32.9 Å². The number of carbonyl (C=O) groups excluding carboxylic acids is 1. The fraction of sp³-hybridized carbons (Fsp3) is 0.409. The van der Waals surface area contributed by atoms with Crippen LogP contribution in [0.2, 0.25) is 0 Å². The average Bonchev–Trinajstić information content (AvgIpc) is 2.86. The van der Waals surface area contributed by atoms with Gasteiger partial charge in [-0.05, 0) is 42.2 Å². The lowest BCUT2D eigenvalue weighted by Gasteiger charge is -2.21. The molecule has 1 amide bonds. The van der Waals surface area contributed by atoms with Gasteiger partial charge in [0.2, 0.25) is 0 Å². The molecule has 2 aromatic rings. The number of hydrogen-bond donors (Lipinski definition) is 1. The number of rotatable bonds is 4. The zero-order valence-corrected chi connectivity index (χ0v) is 16.4. The van der Waals surface area contributed by atoms with Gasteiger partial charge in [0.25, 0.3) is 5.91 Å². The molecule has 0 radical (unpaired) electrons. The van der Waals surface area contributed by atoms with E-state index in [4.69, 9.17) is 14.2 Å². The van der Waals surface area contributed by atoms with Crippen LogP contribution < -0.4 is 19.5 Å². The Labute approximate surface area is 160 Å². The summed E-state index contributed by atoms with van der Waals surface area (Å²) in [5.41, 5.74) is 1.84. The van der Waals surface area contributed by atoms with Crippen molar-refractivity contribution in [2.45, 2.75) is 45.6 Å². The molecule has 144 valence electrons. The second kappa shape index (κ2) is 7.91. The molecule has 0 aliphatic carbocycles. The number of hydrogen-bond acceptors (Lipinski definition) is 4. The highest BCUT2D eigenvalue weighted by Gasteiger charge is 2.19. The first kappa shape index (κ1) is 19.1. The summed E-state index contributed by atoms with van der Waals surface area (Å²) < 4.78 is 17.1. The molecule has 0 saturated heterocycles. The first-order valence-corrected chi connectivity index (χ1v) is 9.30. The normalized spacial score (nSPS) is 14.8. The van der Waals surface area contributed by atoms with E-state index in [2.05, 4.69) is 32.2 Å². The van der Waals surface area contributed by atoms with Crippen molar-refractivity contribution in [1.29, 1.82) is 0 Å². The van der Waals surface area contributed by atoms with Gasteiger partial charge in [0.05, 0.1) is 13.2 Å². The summed E-state index contributed by atoms with van der Waals surface area (Å²) in [4.78, 5) is 12.5. The molecule has 1 atom stereocenters. The third kappa shape index (κ3) is 4.94. The van der Waals surface area contributed by atoms with E-state index in [1.807, 2.05) is 24.3 Å². The summed E-state index contributed by atoms with van der Waals surface area (Å²) in [7, 11) is 0. The maximum absolute atomic E-state index is 12.5. The first-order valence-electron chi connectivity index (χ1n) is 9.30. The number of benzene rings is 2. The van der Waals surface area contributed by atoms with E-state index in [1.54, 1.807) is 19.1 Å². The molecule has 27 heavy (non-hydrogen) atoms. The van der Waals surface area contributed by atoms with Crippen molar-refractivity contribution in [3.63, 3.8) is 0 Å². The van der Waals surface area contributed by atoms with E-state index in [9.17, 15) is 4.79 Å². The molecule has 0 saturated carbocycles. The van der Waals surface area contributed by atoms with E-state index < -0.39 is 6.10 Å². The van der Waals surface area contributed by atoms with Gasteiger partial charge in [0.1, 0.15) is 5.75 Å². The second-order valence-corrected chi connectivity index (χ2v) is 7.74. The van der Waals surface area contributed by atoms with Crippen LogP contribution in [-0.2, 0) is 10.2 Å². The Kier molecular flexibility index (Phi) is 5.59. The maximum atomic E-state index is 12.5. The quantitative estimate of drug-likeness (QED) is 0.859. The molecule has 5 nitrogen and oxygen atoms in total. The largest absolute Gasteiger partial charge is 0.490 e. The van der Waals surface area contributed by atoms with Gasteiger partial charge in [-0.25, -0.2) is 0 Å². The highest BCUT2D eigenvalue weighted by atomic mass is 16.5. The van der Waals surface area contributed by atoms with E-state index in [0.29, 0.717) is 36.1 Å². The molecule has 1 heterocycles. The van der Waals surface area contributed by atoms with Crippen molar-refractivity contribution < 1.29 is 19.0 Å². The van der Waals surface area contributed by atoms with Crippen LogP contribution in [-0.4, -0.2) is 25.2 Å². The Morgan fingerprint density at radius 2 is 1.81 bits per heavy atom. The highest BCUT2D eigenvalue weighted by Crippen LogP contribution is 2.32. The lowest BCUT2D eigenvalue weighted by atomic mass is 9.87. The van der Waals surface area contributed by atoms with E-state index in [0.717, 1.165) is 12.0 Å². The Hall–Kier alpha value is -2.69. The van der Waals surface area contributed by atoms with Crippen molar-refractivity contribution in [2.24, 2.45) is 0 Å². The lowest BCUT2D eigenvalue weighted by molar-refractivity contribution is -0.122. The predicted octanol–water partition coefficient (Wildman–Crippen LogP) is 4.55. The number of carbonyl (C=O) groups is 1. The third-order valence-electron chi connectivity index (χ3n) is 4.40. The molecule has 5 heteroatoms. The van der Waals surface area contributed by atoms with Gasteiger partial charge in [-0.2, -0.15) is 0 Å². The van der Waals surface area contributed by atoms with Crippen LogP contribution in [0.15, 0.2) is 42.5 Å². The molecule has 0 bridgehead atoms. The number of amides is 1. The summed E-state index contributed by atoms with van der Waals surface area (Å²) in [5.74, 6) is 1.82. The first-order chi connectivity index (χ1) is 12.8. The summed E-state index contributed by atoms with van der Waals surface area (Å²) in [5, 5.41) is 2.88. The monoisotopic (exact) mass is 369 g/mol. The number of ether oxygens (including phenoxy) is 3. The molecule has 0 spiro atoms. The second-order valence-electron chi connectivity index (χ2n) is 7.74. The fourth-order valence-corrected chi connectivity index (χ4v) is 2.78. The molecule has 2 aromatic carbocycles. The van der Waals surface area contributed by atoms with E-state index in [1.165, 1.54) is 0 Å². The molecular weight excluding hydrogens is 342 g/mol. The van der Waals surface area contributed by atoms with Crippen LogP contribution in [0.5, 0.6) is 17.2 Å². The molecule has 0 aromatic heterocycles. The molecule has 1 N–H and O–H groups in total. The number of nitrogens with one attached hydrogen (secondary N) is 1. The van der Waals surface area contributed by atoms with Crippen LogP contribution >= 0.6 is 0 Å². The van der Waals surface area contributed by atoms with Gasteiger partial charge in [-0.3, -0.25) is 4.79 Å². The van der Waals surface area contributed by atoms with Crippen molar-refractivity contribution in [3.05, 3.63) is 48.0 Å². The van der Waals surface area contributed by atoms with Gasteiger partial charge < -0.3 is 19.5 Å². The standard InChI is InChI=1S/C22H27NO4/c1-15(27-18-8-5-7-16(13-18)22(2,3)4)21(24)23-17-9-10-19-20(14-17)26-12-6-11-25-19/h5,7-10,13-15H,6,11-12H2,1-4H3,(H,23,24). The van der Waals surface area contributed by atoms with Crippen LogP contribution in [0.1, 0.15) is 39.7 Å². The summed E-state index contributed by atoms with van der Waals surface area (Å²) in [6.07, 6.45) is 0.214. The van der Waals surface area contributed by atoms with E-state index in [-0.39, 0.29) is 11.3 Å². The molecule has 1 unspecified atom stereocenters. The molecule has 1 aliphatic rings.